The Morgan fingerprint density at radius 3 is 2.89 bits per heavy atom. The highest BCUT2D eigenvalue weighted by Gasteiger charge is 2.41. The lowest BCUT2D eigenvalue weighted by molar-refractivity contribution is -0.141. The van der Waals surface area contributed by atoms with E-state index < -0.39 is 23.9 Å². The number of esters is 1. The van der Waals surface area contributed by atoms with E-state index in [0.29, 0.717) is 11.3 Å². The fourth-order valence-electron chi connectivity index (χ4n) is 2.08. The summed E-state index contributed by atoms with van der Waals surface area (Å²) in [6.07, 6.45) is -0.636. The maximum absolute atomic E-state index is 11.6. The number of amides is 1. The molecule has 3 N–H and O–H groups in total. The van der Waals surface area contributed by atoms with E-state index in [-0.39, 0.29) is 6.42 Å². The van der Waals surface area contributed by atoms with Gasteiger partial charge in [-0.2, -0.15) is 0 Å². The summed E-state index contributed by atoms with van der Waals surface area (Å²) in [5.74, 6) is 4.22. The molecule has 1 fully saturated rings. The van der Waals surface area contributed by atoms with Gasteiger partial charge in [0.25, 0.3) is 0 Å². The largest absolute Gasteiger partial charge is 0.496 e. The summed E-state index contributed by atoms with van der Waals surface area (Å²) in [6, 6.07) is 7.11. The van der Waals surface area contributed by atoms with Gasteiger partial charge in [-0.05, 0) is 6.07 Å². The molecule has 0 aromatic heterocycles. The number of carbonyl (C=O) groups is 2. The first-order valence-corrected chi connectivity index (χ1v) is 5.50. The highest BCUT2D eigenvalue weighted by atomic mass is 16.6. The SMILES string of the molecule is COc1ccccc1[C@H]1OC(=O)C[C@H]1C(=O)NN. The Labute approximate surface area is 104 Å². The molecule has 6 heteroatoms. The topological polar surface area (TPSA) is 90.6 Å². The molecule has 18 heavy (non-hydrogen) atoms. The van der Waals surface area contributed by atoms with Gasteiger partial charge in [0, 0.05) is 5.56 Å². The second-order valence-corrected chi connectivity index (χ2v) is 3.97. The fourth-order valence-corrected chi connectivity index (χ4v) is 2.08. The van der Waals surface area contributed by atoms with Gasteiger partial charge in [-0.15, -0.1) is 0 Å². The Balaban J connectivity index is 2.35. The van der Waals surface area contributed by atoms with Crippen LogP contribution in [0.5, 0.6) is 5.75 Å². The molecule has 2 atom stereocenters. The van der Waals surface area contributed by atoms with Crippen molar-refractivity contribution in [3.63, 3.8) is 0 Å². The van der Waals surface area contributed by atoms with Crippen molar-refractivity contribution in [2.24, 2.45) is 11.8 Å². The predicted molar refractivity (Wildman–Crippen MR) is 62.3 cm³/mol. The van der Waals surface area contributed by atoms with E-state index in [9.17, 15) is 9.59 Å². The van der Waals surface area contributed by atoms with Gasteiger partial charge in [0.2, 0.25) is 5.91 Å². The summed E-state index contributed by atoms with van der Waals surface area (Å²) in [4.78, 5) is 23.0. The van der Waals surface area contributed by atoms with E-state index in [1.165, 1.54) is 7.11 Å². The lowest BCUT2D eigenvalue weighted by atomic mass is 9.94. The number of carbonyl (C=O) groups excluding carboxylic acids is 2. The van der Waals surface area contributed by atoms with Crippen LogP contribution in [0.4, 0.5) is 0 Å². The van der Waals surface area contributed by atoms with Gasteiger partial charge in [-0.3, -0.25) is 15.0 Å². The first kappa shape index (κ1) is 12.4. The zero-order valence-corrected chi connectivity index (χ0v) is 9.88. The number of methoxy groups -OCH3 is 1. The quantitative estimate of drug-likeness (QED) is 0.348. The smallest absolute Gasteiger partial charge is 0.307 e. The molecule has 0 spiro atoms. The van der Waals surface area contributed by atoms with Crippen molar-refractivity contribution in [3.05, 3.63) is 29.8 Å². The third-order valence-corrected chi connectivity index (χ3v) is 2.93. The Morgan fingerprint density at radius 1 is 1.50 bits per heavy atom. The van der Waals surface area contributed by atoms with Gasteiger partial charge in [0.1, 0.15) is 11.9 Å². The third kappa shape index (κ3) is 2.14. The van der Waals surface area contributed by atoms with Crippen LogP contribution in [-0.4, -0.2) is 19.0 Å². The van der Waals surface area contributed by atoms with E-state index in [2.05, 4.69) is 5.43 Å². The van der Waals surface area contributed by atoms with Crippen LogP contribution in [0.1, 0.15) is 18.1 Å². The summed E-state index contributed by atoms with van der Waals surface area (Å²) in [7, 11) is 1.52. The average Bonchev–Trinajstić information content (AvgIpc) is 2.79. The molecule has 1 amide bonds. The van der Waals surface area contributed by atoms with Crippen LogP contribution in [0.15, 0.2) is 24.3 Å². The van der Waals surface area contributed by atoms with Crippen molar-refractivity contribution in [2.45, 2.75) is 12.5 Å². The molecule has 1 saturated heterocycles. The summed E-state index contributed by atoms with van der Waals surface area (Å²) in [5, 5.41) is 0. The number of hydrazine groups is 1. The molecule has 6 nitrogen and oxygen atoms in total. The molecule has 1 aliphatic rings. The zero-order valence-electron chi connectivity index (χ0n) is 9.88. The normalized spacial score (nSPS) is 22.4. The van der Waals surface area contributed by atoms with Crippen molar-refractivity contribution < 1.29 is 19.1 Å². The second kappa shape index (κ2) is 5.05. The van der Waals surface area contributed by atoms with Crippen LogP contribution >= 0.6 is 0 Å². The molecule has 0 bridgehead atoms. The maximum Gasteiger partial charge on any atom is 0.307 e. The van der Waals surface area contributed by atoms with Gasteiger partial charge in [-0.1, -0.05) is 18.2 Å². The van der Waals surface area contributed by atoms with Crippen LogP contribution in [0.25, 0.3) is 0 Å². The third-order valence-electron chi connectivity index (χ3n) is 2.93. The van der Waals surface area contributed by atoms with Gasteiger partial charge in [0.05, 0.1) is 19.4 Å². The molecule has 0 saturated carbocycles. The first-order chi connectivity index (χ1) is 8.67. The average molecular weight is 250 g/mol. The standard InChI is InChI=1S/C12H14N2O4/c1-17-9-5-3-2-4-7(9)11-8(12(16)14-13)6-10(15)18-11/h2-5,8,11H,6,13H2,1H3,(H,14,16)/t8-,11-/m1/s1. The van der Waals surface area contributed by atoms with Crippen molar-refractivity contribution in [1.29, 1.82) is 0 Å². The Hall–Kier alpha value is -2.08. The molecule has 0 aliphatic carbocycles. The molecule has 0 radical (unpaired) electrons. The number of cyclic esters (lactones) is 1. The van der Waals surface area contributed by atoms with Crippen LogP contribution in [-0.2, 0) is 14.3 Å². The molecule has 0 unspecified atom stereocenters. The minimum atomic E-state index is -0.655. The van der Waals surface area contributed by atoms with Crippen molar-refractivity contribution in [1.82, 2.24) is 5.43 Å². The summed E-state index contributed by atoms with van der Waals surface area (Å²) < 4.78 is 10.4. The van der Waals surface area contributed by atoms with E-state index >= 15 is 0 Å². The van der Waals surface area contributed by atoms with Crippen molar-refractivity contribution in [2.75, 3.05) is 7.11 Å². The molecular weight excluding hydrogens is 236 g/mol. The Kier molecular flexibility index (Phi) is 3.47. The number of hydrogen-bond acceptors (Lipinski definition) is 5. The number of para-hydroxylation sites is 1. The van der Waals surface area contributed by atoms with Crippen LogP contribution in [0.2, 0.25) is 0 Å². The molecule has 2 rings (SSSR count). The maximum atomic E-state index is 11.6. The fraction of sp³-hybridized carbons (Fsp3) is 0.333. The lowest BCUT2D eigenvalue weighted by Gasteiger charge is -2.18. The second-order valence-electron chi connectivity index (χ2n) is 3.97. The van der Waals surface area contributed by atoms with E-state index in [1.54, 1.807) is 24.3 Å². The summed E-state index contributed by atoms with van der Waals surface area (Å²) in [6.45, 7) is 0. The van der Waals surface area contributed by atoms with Crippen LogP contribution in [0, 0.1) is 5.92 Å². The highest BCUT2D eigenvalue weighted by molar-refractivity contribution is 5.86. The summed E-state index contributed by atoms with van der Waals surface area (Å²) in [5.41, 5.74) is 2.72. The number of nitrogens with two attached hydrogens (primary N) is 1. The minimum Gasteiger partial charge on any atom is -0.496 e. The van der Waals surface area contributed by atoms with Crippen molar-refractivity contribution in [3.8, 4) is 5.75 Å². The zero-order chi connectivity index (χ0) is 13.1. The number of nitrogens with one attached hydrogen (secondary N) is 1. The van der Waals surface area contributed by atoms with Crippen LogP contribution < -0.4 is 16.0 Å². The molecular formula is C12H14N2O4. The van der Waals surface area contributed by atoms with Gasteiger partial charge in [0.15, 0.2) is 0 Å². The lowest BCUT2D eigenvalue weighted by Crippen LogP contribution is -2.37. The van der Waals surface area contributed by atoms with Gasteiger partial charge < -0.3 is 9.47 Å². The highest BCUT2D eigenvalue weighted by Crippen LogP contribution is 2.39. The number of ether oxygens (including phenoxy) is 2. The van der Waals surface area contributed by atoms with Gasteiger partial charge >= 0.3 is 5.97 Å². The molecule has 1 heterocycles. The molecule has 1 aromatic carbocycles. The summed E-state index contributed by atoms with van der Waals surface area (Å²) >= 11 is 0. The van der Waals surface area contributed by atoms with Crippen molar-refractivity contribution >= 4 is 11.9 Å². The predicted octanol–water partition coefficient (Wildman–Crippen LogP) is 0.289. The molecule has 1 aromatic rings. The van der Waals surface area contributed by atoms with E-state index in [0.717, 1.165) is 0 Å². The van der Waals surface area contributed by atoms with Crippen LogP contribution in [0.3, 0.4) is 0 Å². The number of hydrogen-bond donors (Lipinski definition) is 2. The van der Waals surface area contributed by atoms with E-state index in [1.807, 2.05) is 0 Å². The Morgan fingerprint density at radius 2 is 2.22 bits per heavy atom. The molecule has 96 valence electrons. The van der Waals surface area contributed by atoms with Gasteiger partial charge in [-0.25, -0.2) is 5.84 Å². The first-order valence-electron chi connectivity index (χ1n) is 5.50. The van der Waals surface area contributed by atoms with E-state index in [4.69, 9.17) is 15.3 Å². The number of rotatable bonds is 3. The number of benzene rings is 1. The molecule has 1 aliphatic heterocycles. The Bertz CT molecular complexity index is 475. The minimum absolute atomic E-state index is 0.0196. The monoisotopic (exact) mass is 250 g/mol.